The molecule has 2 atom stereocenters. The zero-order valence-corrected chi connectivity index (χ0v) is 12.0. The standard InChI is InChI=1S/C14H29N3/c1-5-8-10-17(13(4)6-2)11-9-14(12-15)16-7-3/h13-14,16H,5-11H2,1-4H3. The summed E-state index contributed by atoms with van der Waals surface area (Å²) in [5.74, 6) is 0. The summed E-state index contributed by atoms with van der Waals surface area (Å²) in [6.07, 6.45) is 4.60. The highest BCUT2D eigenvalue weighted by Crippen LogP contribution is 2.07. The average molecular weight is 239 g/mol. The Balaban J connectivity index is 4.09. The SMILES string of the molecule is CCCCN(CCC(C#N)NCC)C(C)CC. The summed E-state index contributed by atoms with van der Waals surface area (Å²) in [4.78, 5) is 2.52. The molecule has 100 valence electrons. The fourth-order valence-corrected chi connectivity index (χ4v) is 1.93. The molecule has 17 heavy (non-hydrogen) atoms. The minimum Gasteiger partial charge on any atom is -0.302 e. The fourth-order valence-electron chi connectivity index (χ4n) is 1.93. The van der Waals surface area contributed by atoms with E-state index >= 15 is 0 Å². The highest BCUT2D eigenvalue weighted by molar-refractivity contribution is 4.90. The van der Waals surface area contributed by atoms with Gasteiger partial charge in [-0.2, -0.15) is 5.26 Å². The molecule has 0 aliphatic heterocycles. The van der Waals surface area contributed by atoms with Crippen LogP contribution in [-0.2, 0) is 0 Å². The van der Waals surface area contributed by atoms with Gasteiger partial charge in [0.2, 0.25) is 0 Å². The second-order valence-electron chi connectivity index (χ2n) is 4.67. The first-order valence-corrected chi connectivity index (χ1v) is 7.06. The van der Waals surface area contributed by atoms with Crippen molar-refractivity contribution in [3.05, 3.63) is 0 Å². The molecule has 0 aliphatic carbocycles. The van der Waals surface area contributed by atoms with E-state index in [0.717, 1.165) is 26.1 Å². The maximum Gasteiger partial charge on any atom is 0.0965 e. The van der Waals surface area contributed by atoms with Gasteiger partial charge in [0.05, 0.1) is 12.1 Å². The Morgan fingerprint density at radius 3 is 2.41 bits per heavy atom. The van der Waals surface area contributed by atoms with Crippen LogP contribution in [0.2, 0.25) is 0 Å². The first-order valence-electron chi connectivity index (χ1n) is 7.06. The molecule has 0 amide bonds. The van der Waals surface area contributed by atoms with Crippen LogP contribution in [-0.4, -0.2) is 36.6 Å². The van der Waals surface area contributed by atoms with Crippen molar-refractivity contribution in [1.82, 2.24) is 10.2 Å². The highest BCUT2D eigenvalue weighted by Gasteiger charge is 2.14. The first kappa shape index (κ1) is 16.4. The van der Waals surface area contributed by atoms with Gasteiger partial charge in [-0.3, -0.25) is 0 Å². The van der Waals surface area contributed by atoms with Crippen LogP contribution in [0, 0.1) is 11.3 Å². The first-order chi connectivity index (χ1) is 8.19. The van der Waals surface area contributed by atoms with E-state index < -0.39 is 0 Å². The Labute approximate surface area is 107 Å². The zero-order valence-electron chi connectivity index (χ0n) is 12.0. The summed E-state index contributed by atoms with van der Waals surface area (Å²) in [5, 5.41) is 12.2. The average Bonchev–Trinajstić information content (AvgIpc) is 2.36. The predicted octanol–water partition coefficient (Wildman–Crippen LogP) is 2.78. The number of unbranched alkanes of at least 4 members (excludes halogenated alkanes) is 1. The Kier molecular flexibility index (Phi) is 10.2. The molecular weight excluding hydrogens is 210 g/mol. The van der Waals surface area contributed by atoms with Crippen LogP contribution in [0.15, 0.2) is 0 Å². The molecule has 0 heterocycles. The van der Waals surface area contributed by atoms with E-state index in [4.69, 9.17) is 5.26 Å². The van der Waals surface area contributed by atoms with Gasteiger partial charge < -0.3 is 10.2 Å². The molecule has 0 aliphatic rings. The van der Waals surface area contributed by atoms with Crippen LogP contribution in [0.25, 0.3) is 0 Å². The van der Waals surface area contributed by atoms with E-state index in [-0.39, 0.29) is 6.04 Å². The van der Waals surface area contributed by atoms with E-state index in [0.29, 0.717) is 6.04 Å². The third kappa shape index (κ3) is 7.36. The fraction of sp³-hybridized carbons (Fsp3) is 0.929. The lowest BCUT2D eigenvalue weighted by atomic mass is 10.1. The maximum atomic E-state index is 9.01. The maximum absolute atomic E-state index is 9.01. The van der Waals surface area contributed by atoms with Crippen molar-refractivity contribution in [2.45, 2.75) is 65.5 Å². The van der Waals surface area contributed by atoms with Crippen molar-refractivity contribution in [3.8, 4) is 6.07 Å². The van der Waals surface area contributed by atoms with Crippen LogP contribution >= 0.6 is 0 Å². The molecule has 0 bridgehead atoms. The molecule has 0 aromatic rings. The molecule has 0 radical (unpaired) electrons. The quantitative estimate of drug-likeness (QED) is 0.637. The third-order valence-electron chi connectivity index (χ3n) is 3.32. The summed E-state index contributed by atoms with van der Waals surface area (Å²) >= 11 is 0. The van der Waals surface area contributed by atoms with E-state index in [1.165, 1.54) is 19.3 Å². The van der Waals surface area contributed by atoms with Crippen molar-refractivity contribution in [1.29, 1.82) is 5.26 Å². The number of nitriles is 1. The molecule has 2 unspecified atom stereocenters. The lowest BCUT2D eigenvalue weighted by Crippen LogP contribution is -2.38. The van der Waals surface area contributed by atoms with Gasteiger partial charge in [0.1, 0.15) is 0 Å². The second kappa shape index (κ2) is 10.6. The number of nitrogens with zero attached hydrogens (tertiary/aromatic N) is 2. The predicted molar refractivity (Wildman–Crippen MR) is 73.9 cm³/mol. The largest absolute Gasteiger partial charge is 0.302 e. The molecule has 3 nitrogen and oxygen atoms in total. The van der Waals surface area contributed by atoms with Gasteiger partial charge in [-0.05, 0) is 39.3 Å². The molecule has 3 heteroatoms. The summed E-state index contributed by atoms with van der Waals surface area (Å²) in [6, 6.07) is 2.97. The number of nitrogens with one attached hydrogen (secondary N) is 1. The van der Waals surface area contributed by atoms with Crippen LogP contribution in [0.1, 0.15) is 53.4 Å². The van der Waals surface area contributed by atoms with Crippen LogP contribution in [0.3, 0.4) is 0 Å². The Bertz CT molecular complexity index is 210. The van der Waals surface area contributed by atoms with Gasteiger partial charge >= 0.3 is 0 Å². The minimum atomic E-state index is 0.00758. The summed E-state index contributed by atoms with van der Waals surface area (Å²) in [6.45, 7) is 11.9. The molecular formula is C14H29N3. The van der Waals surface area contributed by atoms with E-state index in [2.05, 4.69) is 37.1 Å². The summed E-state index contributed by atoms with van der Waals surface area (Å²) in [7, 11) is 0. The normalized spacial score (nSPS) is 14.6. The smallest absolute Gasteiger partial charge is 0.0965 e. The molecule has 0 saturated heterocycles. The molecule has 0 aromatic carbocycles. The lowest BCUT2D eigenvalue weighted by Gasteiger charge is -2.29. The summed E-state index contributed by atoms with van der Waals surface area (Å²) < 4.78 is 0. The van der Waals surface area contributed by atoms with E-state index in [1.807, 2.05) is 6.92 Å². The van der Waals surface area contributed by atoms with Crippen LogP contribution in [0.5, 0.6) is 0 Å². The van der Waals surface area contributed by atoms with Crippen molar-refractivity contribution in [2.24, 2.45) is 0 Å². The van der Waals surface area contributed by atoms with Gasteiger partial charge in [-0.15, -0.1) is 0 Å². The Hall–Kier alpha value is -0.590. The molecule has 0 rings (SSSR count). The number of rotatable bonds is 10. The highest BCUT2D eigenvalue weighted by atomic mass is 15.1. The van der Waals surface area contributed by atoms with Crippen molar-refractivity contribution in [2.75, 3.05) is 19.6 Å². The van der Waals surface area contributed by atoms with Crippen LogP contribution in [0.4, 0.5) is 0 Å². The van der Waals surface area contributed by atoms with Gasteiger partial charge in [0, 0.05) is 12.6 Å². The molecule has 0 aromatic heterocycles. The van der Waals surface area contributed by atoms with Crippen LogP contribution < -0.4 is 5.32 Å². The second-order valence-corrected chi connectivity index (χ2v) is 4.67. The van der Waals surface area contributed by atoms with E-state index in [9.17, 15) is 0 Å². The number of hydrogen-bond acceptors (Lipinski definition) is 3. The monoisotopic (exact) mass is 239 g/mol. The van der Waals surface area contributed by atoms with Crippen molar-refractivity contribution >= 4 is 0 Å². The molecule has 0 fully saturated rings. The molecule has 0 saturated carbocycles. The summed E-state index contributed by atoms with van der Waals surface area (Å²) in [5.41, 5.74) is 0. The van der Waals surface area contributed by atoms with Gasteiger partial charge in [0.15, 0.2) is 0 Å². The minimum absolute atomic E-state index is 0.00758. The van der Waals surface area contributed by atoms with Gasteiger partial charge in [0.25, 0.3) is 0 Å². The van der Waals surface area contributed by atoms with Gasteiger partial charge in [-0.25, -0.2) is 0 Å². The third-order valence-corrected chi connectivity index (χ3v) is 3.32. The van der Waals surface area contributed by atoms with E-state index in [1.54, 1.807) is 0 Å². The molecule has 1 N–H and O–H groups in total. The van der Waals surface area contributed by atoms with Crippen molar-refractivity contribution < 1.29 is 0 Å². The topological polar surface area (TPSA) is 39.1 Å². The lowest BCUT2D eigenvalue weighted by molar-refractivity contribution is 0.194. The zero-order chi connectivity index (χ0) is 13.1. The Morgan fingerprint density at radius 1 is 1.24 bits per heavy atom. The Morgan fingerprint density at radius 2 is 1.94 bits per heavy atom. The van der Waals surface area contributed by atoms with Gasteiger partial charge in [-0.1, -0.05) is 27.2 Å². The number of hydrogen-bond donors (Lipinski definition) is 1. The van der Waals surface area contributed by atoms with Crippen molar-refractivity contribution in [3.63, 3.8) is 0 Å². The molecule has 0 spiro atoms.